The quantitative estimate of drug-likeness (QED) is 0.769. The van der Waals surface area contributed by atoms with E-state index in [0.29, 0.717) is 25.3 Å². The summed E-state index contributed by atoms with van der Waals surface area (Å²) in [5.41, 5.74) is 1.20. The van der Waals surface area contributed by atoms with Gasteiger partial charge in [-0.25, -0.2) is 4.79 Å². The maximum Gasteiger partial charge on any atom is 0.335 e. The standard InChI is InChI=1S/C16H23NO4/c1-11(2)14(21-3)10-17-15(18)9-6-12-4-7-13(8-5-12)16(19)20/h4-5,7-8,11,14H,6,9-10H2,1-3H3,(H,17,18)(H,19,20). The predicted octanol–water partition coefficient (Wildman–Crippen LogP) is 2.10. The van der Waals surface area contributed by atoms with Crippen molar-refractivity contribution in [2.45, 2.75) is 32.8 Å². The molecule has 5 nitrogen and oxygen atoms in total. The molecule has 0 saturated heterocycles. The molecule has 1 atom stereocenters. The lowest BCUT2D eigenvalue weighted by Crippen LogP contribution is -2.36. The molecule has 1 amide bonds. The van der Waals surface area contributed by atoms with Crippen LogP contribution in [0.2, 0.25) is 0 Å². The average Bonchev–Trinajstić information content (AvgIpc) is 2.45. The van der Waals surface area contributed by atoms with Crippen molar-refractivity contribution in [3.05, 3.63) is 35.4 Å². The van der Waals surface area contributed by atoms with Gasteiger partial charge >= 0.3 is 5.97 Å². The molecule has 1 unspecified atom stereocenters. The third kappa shape index (κ3) is 5.95. The van der Waals surface area contributed by atoms with Gasteiger partial charge in [0.2, 0.25) is 5.91 Å². The van der Waals surface area contributed by atoms with Gasteiger partial charge in [0.25, 0.3) is 0 Å². The van der Waals surface area contributed by atoms with Gasteiger partial charge in [-0.05, 0) is 30.0 Å². The summed E-state index contributed by atoms with van der Waals surface area (Å²) in [6.07, 6.45) is 0.982. The number of ether oxygens (including phenoxy) is 1. The van der Waals surface area contributed by atoms with E-state index in [1.165, 1.54) is 0 Å². The average molecular weight is 293 g/mol. The van der Waals surface area contributed by atoms with Gasteiger partial charge in [-0.3, -0.25) is 4.79 Å². The normalized spacial score (nSPS) is 12.2. The minimum absolute atomic E-state index is 0.0174. The fraction of sp³-hybridized carbons (Fsp3) is 0.500. The number of rotatable bonds is 8. The summed E-state index contributed by atoms with van der Waals surface area (Å²) in [4.78, 5) is 22.5. The van der Waals surface area contributed by atoms with E-state index in [4.69, 9.17) is 9.84 Å². The molecule has 0 bridgehead atoms. The van der Waals surface area contributed by atoms with E-state index in [-0.39, 0.29) is 17.6 Å². The highest BCUT2D eigenvalue weighted by atomic mass is 16.5. The highest BCUT2D eigenvalue weighted by Crippen LogP contribution is 2.07. The predicted molar refractivity (Wildman–Crippen MR) is 80.4 cm³/mol. The fourth-order valence-electron chi connectivity index (χ4n) is 1.97. The molecule has 0 fully saturated rings. The topological polar surface area (TPSA) is 75.6 Å². The lowest BCUT2D eigenvalue weighted by atomic mass is 10.1. The number of carbonyl (C=O) groups is 2. The van der Waals surface area contributed by atoms with Crippen LogP contribution < -0.4 is 5.32 Å². The zero-order valence-electron chi connectivity index (χ0n) is 12.8. The first-order chi connectivity index (χ1) is 9.93. The third-order valence-electron chi connectivity index (χ3n) is 3.39. The summed E-state index contributed by atoms with van der Waals surface area (Å²) >= 11 is 0. The first kappa shape index (κ1) is 17.2. The smallest absolute Gasteiger partial charge is 0.335 e. The largest absolute Gasteiger partial charge is 0.478 e. The Morgan fingerprint density at radius 3 is 2.33 bits per heavy atom. The first-order valence-electron chi connectivity index (χ1n) is 7.05. The van der Waals surface area contributed by atoms with Crippen LogP contribution in [0.1, 0.15) is 36.2 Å². The van der Waals surface area contributed by atoms with Crippen LogP contribution in [0.3, 0.4) is 0 Å². The fourth-order valence-corrected chi connectivity index (χ4v) is 1.97. The van der Waals surface area contributed by atoms with Crippen LogP contribution in [0.25, 0.3) is 0 Å². The molecule has 0 radical (unpaired) electrons. The second-order valence-electron chi connectivity index (χ2n) is 5.32. The van der Waals surface area contributed by atoms with Crippen LogP contribution >= 0.6 is 0 Å². The van der Waals surface area contributed by atoms with Crippen molar-refractivity contribution in [2.24, 2.45) is 5.92 Å². The summed E-state index contributed by atoms with van der Waals surface area (Å²) in [6, 6.07) is 6.58. The first-order valence-corrected chi connectivity index (χ1v) is 7.05. The minimum atomic E-state index is -0.946. The second-order valence-corrected chi connectivity index (χ2v) is 5.32. The van der Waals surface area contributed by atoms with Crippen LogP contribution in [0.4, 0.5) is 0 Å². The van der Waals surface area contributed by atoms with Gasteiger partial charge in [0.15, 0.2) is 0 Å². The van der Waals surface area contributed by atoms with E-state index in [1.807, 2.05) is 13.8 Å². The maximum absolute atomic E-state index is 11.8. The number of nitrogens with one attached hydrogen (secondary N) is 1. The Morgan fingerprint density at radius 1 is 1.24 bits per heavy atom. The number of benzene rings is 1. The van der Waals surface area contributed by atoms with Crippen LogP contribution in [0.5, 0.6) is 0 Å². The Morgan fingerprint density at radius 2 is 1.86 bits per heavy atom. The van der Waals surface area contributed by atoms with Crippen LogP contribution in [-0.2, 0) is 16.0 Å². The molecule has 0 aromatic heterocycles. The molecule has 0 saturated carbocycles. The number of aromatic carboxylic acids is 1. The Bertz CT molecular complexity index is 468. The number of carboxylic acid groups (broad SMARTS) is 1. The van der Waals surface area contributed by atoms with Crippen molar-refractivity contribution in [1.82, 2.24) is 5.32 Å². The molecule has 2 N–H and O–H groups in total. The van der Waals surface area contributed by atoms with Crippen LogP contribution in [0.15, 0.2) is 24.3 Å². The summed E-state index contributed by atoms with van der Waals surface area (Å²) in [7, 11) is 1.64. The van der Waals surface area contributed by atoms with Gasteiger partial charge in [-0.2, -0.15) is 0 Å². The minimum Gasteiger partial charge on any atom is -0.478 e. The molecule has 116 valence electrons. The molecule has 1 aromatic carbocycles. The van der Waals surface area contributed by atoms with Crippen molar-refractivity contribution in [3.63, 3.8) is 0 Å². The molecule has 0 aliphatic rings. The lowest BCUT2D eigenvalue weighted by Gasteiger charge is -2.19. The summed E-state index contributed by atoms with van der Waals surface area (Å²) in [5.74, 6) is -0.627. The van der Waals surface area contributed by atoms with E-state index in [0.717, 1.165) is 5.56 Å². The molecule has 21 heavy (non-hydrogen) atoms. The monoisotopic (exact) mass is 293 g/mol. The third-order valence-corrected chi connectivity index (χ3v) is 3.39. The number of aryl methyl sites for hydroxylation is 1. The van der Waals surface area contributed by atoms with Crippen molar-refractivity contribution in [2.75, 3.05) is 13.7 Å². The Hall–Kier alpha value is -1.88. The van der Waals surface area contributed by atoms with E-state index in [2.05, 4.69) is 5.32 Å². The van der Waals surface area contributed by atoms with Gasteiger partial charge in [0.05, 0.1) is 11.7 Å². The highest BCUT2D eigenvalue weighted by molar-refractivity contribution is 5.87. The molecule has 0 aliphatic carbocycles. The molecular formula is C16H23NO4. The second kappa shape index (κ2) is 8.42. The van der Waals surface area contributed by atoms with Gasteiger partial charge < -0.3 is 15.2 Å². The van der Waals surface area contributed by atoms with Crippen molar-refractivity contribution >= 4 is 11.9 Å². The molecule has 0 spiro atoms. The van der Waals surface area contributed by atoms with E-state index in [9.17, 15) is 9.59 Å². The number of hydrogen-bond donors (Lipinski definition) is 2. The number of methoxy groups -OCH3 is 1. The van der Waals surface area contributed by atoms with Gasteiger partial charge in [0.1, 0.15) is 0 Å². The van der Waals surface area contributed by atoms with Crippen LogP contribution in [0, 0.1) is 5.92 Å². The van der Waals surface area contributed by atoms with Crippen molar-refractivity contribution in [3.8, 4) is 0 Å². The SMILES string of the molecule is COC(CNC(=O)CCc1ccc(C(=O)O)cc1)C(C)C. The molecule has 1 aromatic rings. The zero-order chi connectivity index (χ0) is 15.8. The van der Waals surface area contributed by atoms with Crippen molar-refractivity contribution in [1.29, 1.82) is 0 Å². The van der Waals surface area contributed by atoms with E-state index < -0.39 is 5.97 Å². The Labute approximate surface area is 125 Å². The molecule has 0 heterocycles. The zero-order valence-corrected chi connectivity index (χ0v) is 12.8. The maximum atomic E-state index is 11.8. The van der Waals surface area contributed by atoms with Gasteiger partial charge in [-0.15, -0.1) is 0 Å². The van der Waals surface area contributed by atoms with Gasteiger partial charge in [0, 0.05) is 20.1 Å². The summed E-state index contributed by atoms with van der Waals surface area (Å²) < 4.78 is 5.29. The number of carboxylic acids is 1. The number of hydrogen-bond acceptors (Lipinski definition) is 3. The van der Waals surface area contributed by atoms with Gasteiger partial charge in [-0.1, -0.05) is 26.0 Å². The molecule has 5 heteroatoms. The molecular weight excluding hydrogens is 270 g/mol. The lowest BCUT2D eigenvalue weighted by molar-refractivity contribution is -0.121. The Kier molecular flexibility index (Phi) is 6.88. The van der Waals surface area contributed by atoms with Crippen LogP contribution in [-0.4, -0.2) is 36.7 Å². The number of amides is 1. The summed E-state index contributed by atoms with van der Waals surface area (Å²) in [6.45, 7) is 4.60. The Balaban J connectivity index is 2.37. The van der Waals surface area contributed by atoms with E-state index >= 15 is 0 Å². The molecule has 0 aliphatic heterocycles. The van der Waals surface area contributed by atoms with E-state index in [1.54, 1.807) is 31.4 Å². The summed E-state index contributed by atoms with van der Waals surface area (Å²) in [5, 5.41) is 11.7. The number of carbonyl (C=O) groups excluding carboxylic acids is 1. The molecule has 1 rings (SSSR count). The highest BCUT2D eigenvalue weighted by Gasteiger charge is 2.13. The van der Waals surface area contributed by atoms with Crippen molar-refractivity contribution < 1.29 is 19.4 Å².